The van der Waals surface area contributed by atoms with Crippen molar-refractivity contribution in [2.45, 2.75) is 45.4 Å². The van der Waals surface area contributed by atoms with Crippen LogP contribution >= 0.6 is 0 Å². The summed E-state index contributed by atoms with van der Waals surface area (Å²) in [6, 6.07) is 0. The van der Waals surface area contributed by atoms with Crippen LogP contribution in [0.3, 0.4) is 0 Å². The van der Waals surface area contributed by atoms with E-state index in [1.807, 2.05) is 0 Å². The van der Waals surface area contributed by atoms with E-state index in [1.54, 1.807) is 0 Å². The van der Waals surface area contributed by atoms with Gasteiger partial charge in [0, 0.05) is 6.42 Å². The molecule has 1 rings (SSSR count). The topological polar surface area (TPSA) is 17.1 Å². The monoisotopic (exact) mass is 166 g/mol. The summed E-state index contributed by atoms with van der Waals surface area (Å²) in [4.78, 5) is 10.5. The smallest absolute Gasteiger partial charge is 0.120 e. The SMILES string of the molecule is CCCC1(CC=O)C=CCCC1. The Labute approximate surface area is 74.9 Å². The van der Waals surface area contributed by atoms with E-state index in [2.05, 4.69) is 19.1 Å². The van der Waals surface area contributed by atoms with Gasteiger partial charge in [-0.15, -0.1) is 0 Å². The molecule has 1 nitrogen and oxygen atoms in total. The van der Waals surface area contributed by atoms with Gasteiger partial charge >= 0.3 is 0 Å². The first-order valence-corrected chi connectivity index (χ1v) is 4.94. The molecule has 0 heterocycles. The minimum atomic E-state index is 0.231. The van der Waals surface area contributed by atoms with Crippen LogP contribution in [0.15, 0.2) is 12.2 Å². The van der Waals surface area contributed by atoms with Gasteiger partial charge in [0.15, 0.2) is 0 Å². The minimum Gasteiger partial charge on any atom is -0.303 e. The molecule has 0 fully saturated rings. The van der Waals surface area contributed by atoms with Crippen LogP contribution in [0.5, 0.6) is 0 Å². The Bertz CT molecular complexity index is 172. The normalized spacial score (nSPS) is 28.8. The van der Waals surface area contributed by atoms with Gasteiger partial charge in [-0.3, -0.25) is 0 Å². The van der Waals surface area contributed by atoms with E-state index in [1.165, 1.54) is 32.1 Å². The van der Waals surface area contributed by atoms with Crippen LogP contribution < -0.4 is 0 Å². The van der Waals surface area contributed by atoms with Crippen LogP contribution in [0.4, 0.5) is 0 Å². The van der Waals surface area contributed by atoms with Crippen molar-refractivity contribution in [1.82, 2.24) is 0 Å². The lowest BCUT2D eigenvalue weighted by Gasteiger charge is -2.31. The zero-order valence-corrected chi connectivity index (χ0v) is 7.88. The molecule has 0 radical (unpaired) electrons. The molecule has 0 saturated carbocycles. The first-order chi connectivity index (χ1) is 5.83. The fraction of sp³-hybridized carbons (Fsp3) is 0.727. The summed E-state index contributed by atoms with van der Waals surface area (Å²) < 4.78 is 0. The highest BCUT2D eigenvalue weighted by atomic mass is 16.1. The molecule has 1 heteroatoms. The van der Waals surface area contributed by atoms with Gasteiger partial charge in [0.05, 0.1) is 0 Å². The third-order valence-corrected chi connectivity index (χ3v) is 2.75. The molecule has 1 aliphatic rings. The zero-order chi connectivity index (χ0) is 8.86. The highest BCUT2D eigenvalue weighted by molar-refractivity contribution is 5.51. The van der Waals surface area contributed by atoms with Crippen molar-refractivity contribution >= 4 is 6.29 Å². The van der Waals surface area contributed by atoms with Crippen LogP contribution in [0, 0.1) is 5.41 Å². The second-order valence-corrected chi connectivity index (χ2v) is 3.78. The predicted molar refractivity (Wildman–Crippen MR) is 51.0 cm³/mol. The fourth-order valence-corrected chi connectivity index (χ4v) is 2.13. The van der Waals surface area contributed by atoms with Crippen LogP contribution in [0.1, 0.15) is 45.4 Å². The Hall–Kier alpha value is -0.590. The van der Waals surface area contributed by atoms with Crippen molar-refractivity contribution in [3.8, 4) is 0 Å². The number of rotatable bonds is 4. The molecular weight excluding hydrogens is 148 g/mol. The molecule has 0 aliphatic heterocycles. The Kier molecular flexibility index (Phi) is 3.51. The molecule has 0 spiro atoms. The number of allylic oxidation sites excluding steroid dienone is 2. The van der Waals surface area contributed by atoms with Crippen LogP contribution in [0.25, 0.3) is 0 Å². The number of hydrogen-bond acceptors (Lipinski definition) is 1. The second kappa shape index (κ2) is 4.44. The number of carbonyl (C=O) groups is 1. The minimum absolute atomic E-state index is 0.231. The molecule has 1 unspecified atom stereocenters. The van der Waals surface area contributed by atoms with Gasteiger partial charge in [-0.1, -0.05) is 25.5 Å². The maximum atomic E-state index is 10.5. The van der Waals surface area contributed by atoms with E-state index in [4.69, 9.17) is 0 Å². The molecule has 0 bridgehead atoms. The summed E-state index contributed by atoms with van der Waals surface area (Å²) >= 11 is 0. The van der Waals surface area contributed by atoms with Crippen molar-refractivity contribution < 1.29 is 4.79 Å². The average molecular weight is 166 g/mol. The maximum Gasteiger partial charge on any atom is 0.120 e. The third kappa shape index (κ3) is 2.20. The zero-order valence-electron chi connectivity index (χ0n) is 7.88. The molecule has 0 saturated heterocycles. The lowest BCUT2D eigenvalue weighted by atomic mass is 9.74. The first-order valence-electron chi connectivity index (χ1n) is 4.94. The molecule has 68 valence electrons. The molecule has 0 aromatic heterocycles. The molecule has 0 aromatic rings. The maximum absolute atomic E-state index is 10.5. The Morgan fingerprint density at radius 1 is 1.58 bits per heavy atom. The van der Waals surface area contributed by atoms with Gasteiger partial charge in [-0.2, -0.15) is 0 Å². The largest absolute Gasteiger partial charge is 0.303 e. The number of carbonyl (C=O) groups excluding carboxylic acids is 1. The van der Waals surface area contributed by atoms with Crippen LogP contribution in [-0.4, -0.2) is 6.29 Å². The molecule has 12 heavy (non-hydrogen) atoms. The Balaban J connectivity index is 2.62. The summed E-state index contributed by atoms with van der Waals surface area (Å²) in [7, 11) is 0. The number of aldehydes is 1. The summed E-state index contributed by atoms with van der Waals surface area (Å²) in [6.45, 7) is 2.19. The summed E-state index contributed by atoms with van der Waals surface area (Å²) in [5, 5.41) is 0. The quantitative estimate of drug-likeness (QED) is 0.463. The van der Waals surface area contributed by atoms with Crippen LogP contribution in [0.2, 0.25) is 0 Å². The van der Waals surface area contributed by atoms with E-state index in [-0.39, 0.29) is 5.41 Å². The fourth-order valence-electron chi connectivity index (χ4n) is 2.13. The molecule has 1 atom stereocenters. The van der Waals surface area contributed by atoms with Crippen molar-refractivity contribution in [3.05, 3.63) is 12.2 Å². The van der Waals surface area contributed by atoms with E-state index in [0.717, 1.165) is 12.7 Å². The van der Waals surface area contributed by atoms with Crippen molar-refractivity contribution in [3.63, 3.8) is 0 Å². The van der Waals surface area contributed by atoms with Gasteiger partial charge in [-0.05, 0) is 31.1 Å². The van der Waals surface area contributed by atoms with Gasteiger partial charge in [0.25, 0.3) is 0 Å². The van der Waals surface area contributed by atoms with Crippen molar-refractivity contribution in [1.29, 1.82) is 0 Å². The molecule has 0 aromatic carbocycles. The lowest BCUT2D eigenvalue weighted by molar-refractivity contribution is -0.109. The van der Waals surface area contributed by atoms with Gasteiger partial charge in [-0.25, -0.2) is 0 Å². The summed E-state index contributed by atoms with van der Waals surface area (Å²) in [6.07, 6.45) is 12.3. The molecular formula is C11H18O. The highest BCUT2D eigenvalue weighted by Gasteiger charge is 2.26. The van der Waals surface area contributed by atoms with Crippen molar-refractivity contribution in [2.75, 3.05) is 0 Å². The molecule has 0 amide bonds. The van der Waals surface area contributed by atoms with E-state index >= 15 is 0 Å². The van der Waals surface area contributed by atoms with E-state index < -0.39 is 0 Å². The van der Waals surface area contributed by atoms with E-state index in [0.29, 0.717) is 0 Å². The lowest BCUT2D eigenvalue weighted by Crippen LogP contribution is -2.20. The predicted octanol–water partition coefficient (Wildman–Crippen LogP) is 3.10. The molecule has 0 N–H and O–H groups in total. The van der Waals surface area contributed by atoms with Gasteiger partial charge in [0.2, 0.25) is 0 Å². The first kappa shape index (κ1) is 9.50. The van der Waals surface area contributed by atoms with E-state index in [9.17, 15) is 4.79 Å². The second-order valence-electron chi connectivity index (χ2n) is 3.78. The standard InChI is InChI=1S/C11H18O/c1-2-6-11(9-10-12)7-4-3-5-8-11/h4,7,10H,2-3,5-6,8-9H2,1H3. The highest BCUT2D eigenvalue weighted by Crippen LogP contribution is 2.37. The van der Waals surface area contributed by atoms with Crippen molar-refractivity contribution in [2.24, 2.45) is 5.41 Å². The molecule has 1 aliphatic carbocycles. The third-order valence-electron chi connectivity index (χ3n) is 2.75. The Morgan fingerprint density at radius 2 is 2.42 bits per heavy atom. The van der Waals surface area contributed by atoms with Crippen LogP contribution in [-0.2, 0) is 4.79 Å². The Morgan fingerprint density at radius 3 is 2.92 bits per heavy atom. The number of hydrogen-bond donors (Lipinski definition) is 0. The summed E-state index contributed by atoms with van der Waals surface area (Å²) in [5.74, 6) is 0. The average Bonchev–Trinajstić information content (AvgIpc) is 2.07. The summed E-state index contributed by atoms with van der Waals surface area (Å²) in [5.41, 5.74) is 0.231. The van der Waals surface area contributed by atoms with Gasteiger partial charge < -0.3 is 4.79 Å². The van der Waals surface area contributed by atoms with Gasteiger partial charge in [0.1, 0.15) is 6.29 Å².